The highest BCUT2D eigenvalue weighted by atomic mass is 35.5. The first-order valence-electron chi connectivity index (χ1n) is 3.65. The highest BCUT2D eigenvalue weighted by Gasteiger charge is 1.85. The smallest absolute Gasteiger partial charge is 0.0490 e. The Morgan fingerprint density at radius 1 is 1.60 bits per heavy atom. The molecule has 1 heteroatoms. The van der Waals surface area contributed by atoms with Crippen molar-refractivity contribution >= 4 is 11.6 Å². The number of alkyl halides is 1. The standard InChI is InChI=1S/C9H15Cl/c1-4-5-8(2)6-7-9(3)10/h5-7,9H,4H2,1-3H3/b7-6-,8-5-. The minimum atomic E-state index is 0.139. The van der Waals surface area contributed by atoms with Gasteiger partial charge in [-0.25, -0.2) is 0 Å². The minimum Gasteiger partial charge on any atom is -0.119 e. The zero-order chi connectivity index (χ0) is 7.98. The summed E-state index contributed by atoms with van der Waals surface area (Å²) in [5.74, 6) is 0. The first kappa shape index (κ1) is 9.77. The van der Waals surface area contributed by atoms with Gasteiger partial charge in [0, 0.05) is 5.38 Å². The second-order valence-corrected chi connectivity index (χ2v) is 3.08. The van der Waals surface area contributed by atoms with Gasteiger partial charge in [-0.2, -0.15) is 0 Å². The normalized spacial score (nSPS) is 16.2. The first-order chi connectivity index (χ1) is 4.66. The number of hydrogen-bond donors (Lipinski definition) is 0. The van der Waals surface area contributed by atoms with E-state index in [9.17, 15) is 0 Å². The lowest BCUT2D eigenvalue weighted by atomic mass is 10.2. The van der Waals surface area contributed by atoms with Gasteiger partial charge in [0.05, 0.1) is 0 Å². The van der Waals surface area contributed by atoms with Crippen LogP contribution >= 0.6 is 11.6 Å². The van der Waals surface area contributed by atoms with Crippen LogP contribution in [-0.4, -0.2) is 5.38 Å². The Morgan fingerprint density at radius 3 is 2.60 bits per heavy atom. The van der Waals surface area contributed by atoms with E-state index in [1.807, 2.05) is 13.0 Å². The molecule has 0 aromatic rings. The number of rotatable bonds is 3. The summed E-state index contributed by atoms with van der Waals surface area (Å²) in [5.41, 5.74) is 1.29. The Balaban J connectivity index is 3.77. The van der Waals surface area contributed by atoms with Crippen LogP contribution in [0, 0.1) is 0 Å². The quantitative estimate of drug-likeness (QED) is 0.436. The van der Waals surface area contributed by atoms with Gasteiger partial charge in [-0.15, -0.1) is 11.6 Å². The van der Waals surface area contributed by atoms with E-state index in [4.69, 9.17) is 11.6 Å². The van der Waals surface area contributed by atoms with Crippen molar-refractivity contribution < 1.29 is 0 Å². The van der Waals surface area contributed by atoms with E-state index in [1.54, 1.807) is 0 Å². The second kappa shape index (κ2) is 5.55. The summed E-state index contributed by atoms with van der Waals surface area (Å²) in [5, 5.41) is 0.139. The Bertz CT molecular complexity index is 132. The van der Waals surface area contributed by atoms with Gasteiger partial charge in [0.15, 0.2) is 0 Å². The summed E-state index contributed by atoms with van der Waals surface area (Å²) in [6.07, 6.45) is 7.31. The summed E-state index contributed by atoms with van der Waals surface area (Å²) >= 11 is 5.71. The number of halogens is 1. The molecule has 58 valence electrons. The largest absolute Gasteiger partial charge is 0.119 e. The zero-order valence-electron chi connectivity index (χ0n) is 6.89. The fourth-order valence-electron chi connectivity index (χ4n) is 0.674. The average Bonchev–Trinajstić information content (AvgIpc) is 1.85. The molecule has 0 N–H and O–H groups in total. The van der Waals surface area contributed by atoms with Crippen molar-refractivity contribution in [2.75, 3.05) is 0 Å². The van der Waals surface area contributed by atoms with Gasteiger partial charge in [-0.1, -0.05) is 30.7 Å². The Morgan fingerprint density at radius 2 is 2.20 bits per heavy atom. The van der Waals surface area contributed by atoms with E-state index in [0.717, 1.165) is 6.42 Å². The SMILES string of the molecule is CC/C=C(C)\C=C/C(C)Cl. The average molecular weight is 159 g/mol. The van der Waals surface area contributed by atoms with E-state index in [-0.39, 0.29) is 5.38 Å². The van der Waals surface area contributed by atoms with Crippen molar-refractivity contribution in [3.8, 4) is 0 Å². The summed E-state index contributed by atoms with van der Waals surface area (Å²) in [6, 6.07) is 0. The lowest BCUT2D eigenvalue weighted by Gasteiger charge is -1.92. The molecule has 0 bridgehead atoms. The van der Waals surface area contributed by atoms with Gasteiger partial charge in [0.25, 0.3) is 0 Å². The van der Waals surface area contributed by atoms with Gasteiger partial charge in [0.2, 0.25) is 0 Å². The monoisotopic (exact) mass is 158 g/mol. The van der Waals surface area contributed by atoms with Crippen LogP contribution in [0.1, 0.15) is 27.2 Å². The van der Waals surface area contributed by atoms with Crippen LogP contribution in [0.4, 0.5) is 0 Å². The topological polar surface area (TPSA) is 0 Å². The third-order valence-electron chi connectivity index (χ3n) is 1.15. The third-order valence-corrected chi connectivity index (χ3v) is 1.30. The molecular formula is C9H15Cl. The van der Waals surface area contributed by atoms with Crippen LogP contribution < -0.4 is 0 Å². The fourth-order valence-corrected chi connectivity index (χ4v) is 0.747. The van der Waals surface area contributed by atoms with Crippen molar-refractivity contribution in [3.63, 3.8) is 0 Å². The zero-order valence-corrected chi connectivity index (χ0v) is 7.65. The molecule has 0 amide bonds. The lowest BCUT2D eigenvalue weighted by molar-refractivity contribution is 1.18. The molecule has 1 unspecified atom stereocenters. The van der Waals surface area contributed by atoms with E-state index < -0.39 is 0 Å². The lowest BCUT2D eigenvalue weighted by Crippen LogP contribution is -1.80. The molecule has 0 rings (SSSR count). The van der Waals surface area contributed by atoms with E-state index >= 15 is 0 Å². The summed E-state index contributed by atoms with van der Waals surface area (Å²) in [4.78, 5) is 0. The fraction of sp³-hybridized carbons (Fsp3) is 0.556. The molecule has 10 heavy (non-hydrogen) atoms. The Hall–Kier alpha value is -0.230. The maximum atomic E-state index is 5.71. The summed E-state index contributed by atoms with van der Waals surface area (Å²) in [6.45, 7) is 6.16. The van der Waals surface area contributed by atoms with Crippen LogP contribution in [0.25, 0.3) is 0 Å². The molecule has 0 saturated heterocycles. The first-order valence-corrected chi connectivity index (χ1v) is 4.09. The Kier molecular flexibility index (Phi) is 5.42. The summed E-state index contributed by atoms with van der Waals surface area (Å²) < 4.78 is 0. The maximum Gasteiger partial charge on any atom is 0.0490 e. The predicted molar refractivity (Wildman–Crippen MR) is 48.5 cm³/mol. The van der Waals surface area contributed by atoms with E-state index in [0.29, 0.717) is 0 Å². The molecule has 0 nitrogen and oxygen atoms in total. The molecule has 0 aliphatic rings. The van der Waals surface area contributed by atoms with Gasteiger partial charge < -0.3 is 0 Å². The van der Waals surface area contributed by atoms with Gasteiger partial charge in [-0.3, -0.25) is 0 Å². The van der Waals surface area contributed by atoms with Crippen molar-refractivity contribution in [2.45, 2.75) is 32.6 Å². The molecule has 0 aliphatic carbocycles. The maximum absolute atomic E-state index is 5.71. The van der Waals surface area contributed by atoms with Gasteiger partial charge in [-0.05, 0) is 20.3 Å². The molecule has 0 saturated carbocycles. The van der Waals surface area contributed by atoms with Crippen LogP contribution in [0.2, 0.25) is 0 Å². The number of allylic oxidation sites excluding steroid dienone is 4. The molecule has 1 atom stereocenters. The van der Waals surface area contributed by atoms with E-state index in [1.165, 1.54) is 5.57 Å². The molecule has 0 aromatic heterocycles. The van der Waals surface area contributed by atoms with Crippen LogP contribution in [0.5, 0.6) is 0 Å². The van der Waals surface area contributed by atoms with Crippen LogP contribution in [-0.2, 0) is 0 Å². The third kappa shape index (κ3) is 5.90. The molecule has 0 heterocycles. The van der Waals surface area contributed by atoms with Crippen molar-refractivity contribution in [3.05, 3.63) is 23.8 Å². The molecule has 0 aliphatic heterocycles. The van der Waals surface area contributed by atoms with Crippen molar-refractivity contribution in [2.24, 2.45) is 0 Å². The molecule has 0 spiro atoms. The molecular weight excluding hydrogens is 144 g/mol. The predicted octanol–water partition coefficient (Wildman–Crippen LogP) is 3.53. The van der Waals surface area contributed by atoms with Crippen molar-refractivity contribution in [1.82, 2.24) is 0 Å². The molecule has 0 aromatic carbocycles. The Labute approximate surface area is 68.6 Å². The molecule has 0 radical (unpaired) electrons. The van der Waals surface area contributed by atoms with E-state index in [2.05, 4.69) is 26.0 Å². The summed E-state index contributed by atoms with van der Waals surface area (Å²) in [7, 11) is 0. The molecule has 0 fully saturated rings. The second-order valence-electron chi connectivity index (χ2n) is 2.39. The number of hydrogen-bond acceptors (Lipinski definition) is 0. The van der Waals surface area contributed by atoms with Crippen LogP contribution in [0.3, 0.4) is 0 Å². The van der Waals surface area contributed by atoms with Crippen molar-refractivity contribution in [1.29, 1.82) is 0 Å². The van der Waals surface area contributed by atoms with Gasteiger partial charge in [0.1, 0.15) is 0 Å². The van der Waals surface area contributed by atoms with Gasteiger partial charge >= 0.3 is 0 Å². The van der Waals surface area contributed by atoms with Crippen LogP contribution in [0.15, 0.2) is 23.8 Å². The highest BCUT2D eigenvalue weighted by molar-refractivity contribution is 6.21. The highest BCUT2D eigenvalue weighted by Crippen LogP contribution is 2.01. The minimum absolute atomic E-state index is 0.139.